The fourth-order valence-electron chi connectivity index (χ4n) is 3.38. The van der Waals surface area contributed by atoms with E-state index in [0.29, 0.717) is 24.3 Å². The molecule has 1 N–H and O–H groups in total. The van der Waals surface area contributed by atoms with E-state index in [0.717, 1.165) is 16.8 Å². The summed E-state index contributed by atoms with van der Waals surface area (Å²) in [6.07, 6.45) is 0.164. The van der Waals surface area contributed by atoms with Gasteiger partial charge in [-0.05, 0) is 23.8 Å². The van der Waals surface area contributed by atoms with Gasteiger partial charge in [0.05, 0.1) is 30.3 Å². The average molecular weight is 525 g/mol. The van der Waals surface area contributed by atoms with E-state index in [1.807, 2.05) is 28.8 Å². The summed E-state index contributed by atoms with van der Waals surface area (Å²) in [6, 6.07) is 10.7. The summed E-state index contributed by atoms with van der Waals surface area (Å²) in [5, 5.41) is 6.86. The lowest BCUT2D eigenvalue weighted by atomic mass is 10.0. The minimum atomic E-state index is -4.34. The Morgan fingerprint density at radius 3 is 2.78 bits per heavy atom. The molecule has 0 aliphatic carbocycles. The molecule has 0 aliphatic rings. The second-order valence-corrected chi connectivity index (χ2v) is 10.6. The summed E-state index contributed by atoms with van der Waals surface area (Å²) in [5.41, 5.74) is 3.62. The molecule has 0 aliphatic heterocycles. The Labute approximate surface area is 207 Å². The standard InChI is InChI=1S/C24H27F3N4O4S/c1-36(33,34)12-9-28-8-11-35-30-16-19-6-10-31-22(17-29-23(31)15-19)20-4-2-3-18(13-20)14-21(32)5-7-24(25,26)27/h2-4,6,10,13,15-17,28H,5,7-9,11-12,14H2,1H3. The second kappa shape index (κ2) is 12.1. The van der Waals surface area contributed by atoms with Crippen LogP contribution in [0.3, 0.4) is 0 Å². The molecule has 0 amide bonds. The number of Topliss-reactive ketones (excluding diaryl/α,β-unsaturated/α-hetero) is 1. The van der Waals surface area contributed by atoms with Gasteiger partial charge in [0, 0.05) is 49.5 Å². The van der Waals surface area contributed by atoms with Crippen LogP contribution >= 0.6 is 0 Å². The van der Waals surface area contributed by atoms with E-state index in [1.165, 1.54) is 12.5 Å². The minimum absolute atomic E-state index is 0.0610. The molecule has 0 saturated carbocycles. The normalized spacial score (nSPS) is 12.4. The van der Waals surface area contributed by atoms with Gasteiger partial charge in [-0.15, -0.1) is 0 Å². The number of benzene rings is 1. The fraction of sp³-hybridized carbons (Fsp3) is 0.375. The number of carbonyl (C=O) groups excluding carboxylic acids is 1. The summed E-state index contributed by atoms with van der Waals surface area (Å²) in [6.45, 7) is 1.09. The monoisotopic (exact) mass is 524 g/mol. The second-order valence-electron chi connectivity index (χ2n) is 8.31. The van der Waals surface area contributed by atoms with Crippen molar-refractivity contribution in [3.8, 4) is 11.3 Å². The van der Waals surface area contributed by atoms with E-state index < -0.39 is 34.6 Å². The third kappa shape index (κ3) is 9.08. The van der Waals surface area contributed by atoms with E-state index in [1.54, 1.807) is 24.4 Å². The lowest BCUT2D eigenvalue weighted by Gasteiger charge is -2.07. The van der Waals surface area contributed by atoms with E-state index >= 15 is 0 Å². The van der Waals surface area contributed by atoms with Crippen molar-refractivity contribution in [3.63, 3.8) is 0 Å². The van der Waals surface area contributed by atoms with Gasteiger partial charge in [0.15, 0.2) is 0 Å². The first kappa shape index (κ1) is 27.3. The Kier molecular flexibility index (Phi) is 9.21. The molecule has 1 aromatic carbocycles. The van der Waals surface area contributed by atoms with Crippen molar-refractivity contribution in [2.45, 2.75) is 25.4 Å². The van der Waals surface area contributed by atoms with Gasteiger partial charge in [-0.25, -0.2) is 13.4 Å². The van der Waals surface area contributed by atoms with E-state index in [2.05, 4.69) is 15.5 Å². The van der Waals surface area contributed by atoms with Gasteiger partial charge < -0.3 is 10.2 Å². The summed E-state index contributed by atoms with van der Waals surface area (Å²) in [5.74, 6) is -0.397. The molecular weight excluding hydrogens is 497 g/mol. The van der Waals surface area contributed by atoms with Gasteiger partial charge in [-0.1, -0.05) is 23.4 Å². The van der Waals surface area contributed by atoms with Crippen LogP contribution in [0.1, 0.15) is 24.0 Å². The lowest BCUT2D eigenvalue weighted by molar-refractivity contribution is -0.143. The van der Waals surface area contributed by atoms with Crippen LogP contribution in [0.4, 0.5) is 13.2 Å². The highest BCUT2D eigenvalue weighted by molar-refractivity contribution is 7.90. The molecule has 194 valence electrons. The Hall–Kier alpha value is -3.25. The number of imidazole rings is 1. The Morgan fingerprint density at radius 2 is 2.03 bits per heavy atom. The SMILES string of the molecule is CS(=O)(=O)CCNCCON=Cc1ccn2c(-c3cccc(CC(=O)CCC(F)(F)F)c3)cnc2c1. The van der Waals surface area contributed by atoms with Crippen molar-refractivity contribution in [2.24, 2.45) is 5.16 Å². The van der Waals surface area contributed by atoms with Crippen LogP contribution in [0.5, 0.6) is 0 Å². The highest BCUT2D eigenvalue weighted by Gasteiger charge is 2.27. The highest BCUT2D eigenvalue weighted by Crippen LogP contribution is 2.24. The minimum Gasteiger partial charge on any atom is -0.394 e. The maximum atomic E-state index is 12.4. The largest absolute Gasteiger partial charge is 0.394 e. The molecule has 2 aromatic heterocycles. The van der Waals surface area contributed by atoms with Gasteiger partial charge in [-0.2, -0.15) is 13.2 Å². The number of nitrogens with zero attached hydrogens (tertiary/aromatic N) is 3. The quantitative estimate of drug-likeness (QED) is 0.209. The molecule has 0 saturated heterocycles. The van der Waals surface area contributed by atoms with Crippen molar-refractivity contribution < 1.29 is 31.2 Å². The van der Waals surface area contributed by atoms with E-state index in [9.17, 15) is 26.4 Å². The van der Waals surface area contributed by atoms with Crippen LogP contribution in [-0.2, 0) is 25.9 Å². The summed E-state index contributed by atoms with van der Waals surface area (Å²) >= 11 is 0. The van der Waals surface area contributed by atoms with Crippen LogP contribution < -0.4 is 5.32 Å². The van der Waals surface area contributed by atoms with Gasteiger partial charge in [0.2, 0.25) is 0 Å². The van der Waals surface area contributed by atoms with Gasteiger partial charge >= 0.3 is 6.18 Å². The topological polar surface area (TPSA) is 102 Å². The molecule has 0 radical (unpaired) electrons. The number of carbonyl (C=O) groups is 1. The van der Waals surface area contributed by atoms with Crippen molar-refractivity contribution in [1.82, 2.24) is 14.7 Å². The van der Waals surface area contributed by atoms with Crippen molar-refractivity contribution in [1.29, 1.82) is 0 Å². The number of hydrogen-bond acceptors (Lipinski definition) is 7. The number of halogens is 3. The third-order valence-electron chi connectivity index (χ3n) is 5.14. The lowest BCUT2D eigenvalue weighted by Crippen LogP contribution is -2.25. The Morgan fingerprint density at radius 1 is 1.22 bits per heavy atom. The number of oxime groups is 1. The fourth-order valence-corrected chi connectivity index (χ4v) is 3.89. The third-order valence-corrected chi connectivity index (χ3v) is 6.09. The zero-order valence-electron chi connectivity index (χ0n) is 19.7. The first-order chi connectivity index (χ1) is 17.0. The number of aromatic nitrogens is 2. The van der Waals surface area contributed by atoms with Crippen LogP contribution in [0, 0.1) is 0 Å². The number of hydrogen-bond donors (Lipinski definition) is 1. The molecule has 0 fully saturated rings. The van der Waals surface area contributed by atoms with E-state index in [-0.39, 0.29) is 18.8 Å². The van der Waals surface area contributed by atoms with Gasteiger partial charge in [0.25, 0.3) is 0 Å². The van der Waals surface area contributed by atoms with E-state index in [4.69, 9.17) is 4.84 Å². The zero-order chi connectivity index (χ0) is 26.2. The summed E-state index contributed by atoms with van der Waals surface area (Å²) < 4.78 is 61.1. The highest BCUT2D eigenvalue weighted by atomic mass is 32.2. The smallest absolute Gasteiger partial charge is 0.389 e. The van der Waals surface area contributed by atoms with Crippen LogP contribution in [0.15, 0.2) is 53.9 Å². The predicted molar refractivity (Wildman–Crippen MR) is 131 cm³/mol. The maximum absolute atomic E-state index is 12.4. The van der Waals surface area contributed by atoms with Crippen LogP contribution in [0.25, 0.3) is 16.9 Å². The zero-order valence-corrected chi connectivity index (χ0v) is 20.5. The van der Waals surface area contributed by atoms with Crippen LogP contribution in [-0.4, -0.2) is 67.7 Å². The summed E-state index contributed by atoms with van der Waals surface area (Å²) in [7, 11) is -2.99. The molecule has 8 nitrogen and oxygen atoms in total. The first-order valence-electron chi connectivity index (χ1n) is 11.2. The molecular formula is C24H27F3N4O4S. The maximum Gasteiger partial charge on any atom is 0.389 e. The number of ketones is 1. The molecule has 0 bridgehead atoms. The number of nitrogens with one attached hydrogen (secondary N) is 1. The molecule has 0 unspecified atom stereocenters. The molecule has 3 rings (SSSR count). The molecule has 3 aromatic rings. The number of alkyl halides is 3. The molecule has 0 spiro atoms. The van der Waals surface area contributed by atoms with Crippen LogP contribution in [0.2, 0.25) is 0 Å². The van der Waals surface area contributed by atoms with Crippen molar-refractivity contribution in [2.75, 3.05) is 31.7 Å². The van der Waals surface area contributed by atoms with Gasteiger partial charge in [0.1, 0.15) is 27.9 Å². The molecule has 2 heterocycles. The van der Waals surface area contributed by atoms with Gasteiger partial charge in [-0.3, -0.25) is 9.20 Å². The Balaban J connectivity index is 1.57. The molecule has 12 heteroatoms. The number of fused-ring (bicyclic) bond motifs is 1. The number of rotatable bonds is 13. The predicted octanol–water partition coefficient (Wildman–Crippen LogP) is 3.44. The summed E-state index contributed by atoms with van der Waals surface area (Å²) in [4.78, 5) is 21.5. The molecule has 0 atom stereocenters. The van der Waals surface area contributed by atoms with Crippen molar-refractivity contribution in [3.05, 3.63) is 59.9 Å². The average Bonchev–Trinajstić information content (AvgIpc) is 3.22. The number of pyridine rings is 1. The first-order valence-corrected chi connectivity index (χ1v) is 13.2. The number of sulfone groups is 1. The Bertz CT molecular complexity index is 1320. The van der Waals surface area contributed by atoms with Crippen molar-refractivity contribution >= 4 is 27.5 Å². The molecule has 36 heavy (non-hydrogen) atoms.